The molecule has 1 aliphatic heterocycles. The van der Waals surface area contributed by atoms with E-state index in [1.165, 1.54) is 31.3 Å². The molecular formula is C22H23N3O6S3. The first kappa shape index (κ1) is 25.7. The summed E-state index contributed by atoms with van der Waals surface area (Å²) in [6.45, 7) is 1.84. The minimum Gasteiger partial charge on any atom is -0.493 e. The Bertz CT molecular complexity index is 1240. The Hall–Kier alpha value is -2.93. The van der Waals surface area contributed by atoms with Crippen molar-refractivity contribution in [3.8, 4) is 11.5 Å². The number of nitrogens with one attached hydrogen (secondary N) is 2. The molecule has 1 aliphatic rings. The maximum Gasteiger partial charge on any atom is 0.266 e. The molecule has 0 unspecified atom stereocenters. The SMILES string of the molecule is COc1ccc(C=C2SC(=S)N(CCC(=O)NNS(=O)(=O)c3ccc(C)cc3)C2=O)cc1OC. The fraction of sp³-hybridized carbons (Fsp3) is 0.227. The summed E-state index contributed by atoms with van der Waals surface area (Å²) in [5.74, 6) is 0.152. The second kappa shape index (κ2) is 11.0. The average Bonchev–Trinajstić information content (AvgIpc) is 3.08. The Morgan fingerprint density at radius 3 is 2.44 bits per heavy atom. The van der Waals surface area contributed by atoms with Crippen LogP contribution in [0.2, 0.25) is 0 Å². The molecule has 0 aliphatic carbocycles. The Morgan fingerprint density at radius 1 is 1.12 bits per heavy atom. The summed E-state index contributed by atoms with van der Waals surface area (Å²) >= 11 is 6.41. The van der Waals surface area contributed by atoms with Crippen LogP contribution in [-0.2, 0) is 19.6 Å². The lowest BCUT2D eigenvalue weighted by atomic mass is 10.2. The molecule has 9 nitrogen and oxygen atoms in total. The molecule has 2 amide bonds. The van der Waals surface area contributed by atoms with E-state index in [1.807, 2.05) is 6.92 Å². The molecule has 2 N–H and O–H groups in total. The van der Waals surface area contributed by atoms with Gasteiger partial charge in [0.25, 0.3) is 15.9 Å². The van der Waals surface area contributed by atoms with Crippen molar-refractivity contribution in [1.29, 1.82) is 0 Å². The van der Waals surface area contributed by atoms with E-state index in [-0.39, 0.29) is 23.8 Å². The van der Waals surface area contributed by atoms with Gasteiger partial charge in [-0.15, -0.1) is 4.83 Å². The molecule has 180 valence electrons. The normalized spacial score (nSPS) is 15.0. The molecule has 1 fully saturated rings. The van der Waals surface area contributed by atoms with E-state index in [0.717, 1.165) is 22.9 Å². The van der Waals surface area contributed by atoms with Crippen LogP contribution in [0.1, 0.15) is 17.5 Å². The van der Waals surface area contributed by atoms with Crippen molar-refractivity contribution < 1.29 is 27.5 Å². The molecule has 34 heavy (non-hydrogen) atoms. The zero-order valence-corrected chi connectivity index (χ0v) is 21.1. The van der Waals surface area contributed by atoms with Gasteiger partial charge >= 0.3 is 0 Å². The molecule has 3 rings (SSSR count). The van der Waals surface area contributed by atoms with Gasteiger partial charge < -0.3 is 9.47 Å². The molecule has 2 aromatic rings. The van der Waals surface area contributed by atoms with Crippen LogP contribution < -0.4 is 19.7 Å². The summed E-state index contributed by atoms with van der Waals surface area (Å²) in [7, 11) is -0.851. The molecule has 2 aromatic carbocycles. The monoisotopic (exact) mass is 521 g/mol. The number of nitrogens with zero attached hydrogens (tertiary/aromatic N) is 1. The van der Waals surface area contributed by atoms with Crippen LogP contribution in [0.5, 0.6) is 11.5 Å². The van der Waals surface area contributed by atoms with Gasteiger partial charge in [-0.1, -0.05) is 47.7 Å². The Morgan fingerprint density at radius 2 is 1.79 bits per heavy atom. The number of carbonyl (C=O) groups excluding carboxylic acids is 2. The van der Waals surface area contributed by atoms with E-state index in [0.29, 0.717) is 20.7 Å². The summed E-state index contributed by atoms with van der Waals surface area (Å²) in [6.07, 6.45) is 1.53. The van der Waals surface area contributed by atoms with Gasteiger partial charge in [-0.2, -0.15) is 0 Å². The number of methoxy groups -OCH3 is 2. The quantitative estimate of drug-likeness (QED) is 0.294. The van der Waals surface area contributed by atoms with Crippen LogP contribution in [0.4, 0.5) is 0 Å². The lowest BCUT2D eigenvalue weighted by Crippen LogP contribution is -2.43. The van der Waals surface area contributed by atoms with Crippen LogP contribution in [0.15, 0.2) is 52.3 Å². The van der Waals surface area contributed by atoms with Gasteiger partial charge in [-0.25, -0.2) is 8.42 Å². The maximum atomic E-state index is 12.8. The number of thioether (sulfide) groups is 1. The largest absolute Gasteiger partial charge is 0.493 e. The number of hydrogen-bond donors (Lipinski definition) is 2. The highest BCUT2D eigenvalue weighted by Crippen LogP contribution is 2.34. The fourth-order valence-corrected chi connectivity index (χ4v) is 5.13. The number of ether oxygens (including phenoxy) is 2. The van der Waals surface area contributed by atoms with E-state index < -0.39 is 15.9 Å². The van der Waals surface area contributed by atoms with Gasteiger partial charge in [0.1, 0.15) is 4.32 Å². The third-order valence-electron chi connectivity index (χ3n) is 4.80. The molecule has 0 saturated carbocycles. The van der Waals surface area contributed by atoms with Crippen molar-refractivity contribution in [2.75, 3.05) is 20.8 Å². The van der Waals surface area contributed by atoms with Gasteiger partial charge in [-0.05, 0) is 42.8 Å². The van der Waals surface area contributed by atoms with E-state index in [9.17, 15) is 18.0 Å². The predicted octanol–water partition coefficient (Wildman–Crippen LogP) is 2.61. The van der Waals surface area contributed by atoms with Crippen LogP contribution in [0, 0.1) is 6.92 Å². The number of sulfonamides is 1. The van der Waals surface area contributed by atoms with Crippen LogP contribution in [0.3, 0.4) is 0 Å². The minimum absolute atomic E-state index is 0.00599. The van der Waals surface area contributed by atoms with E-state index in [2.05, 4.69) is 10.3 Å². The second-order valence-electron chi connectivity index (χ2n) is 7.16. The topological polar surface area (TPSA) is 114 Å². The first-order valence-electron chi connectivity index (χ1n) is 9.99. The van der Waals surface area contributed by atoms with Gasteiger partial charge in [-0.3, -0.25) is 19.9 Å². The Balaban J connectivity index is 1.58. The molecular weight excluding hydrogens is 498 g/mol. The van der Waals surface area contributed by atoms with Crippen molar-refractivity contribution >= 4 is 56.2 Å². The molecule has 0 atom stereocenters. The van der Waals surface area contributed by atoms with Gasteiger partial charge in [0, 0.05) is 13.0 Å². The third-order valence-corrected chi connectivity index (χ3v) is 7.44. The Labute approximate surface area is 207 Å². The third kappa shape index (κ3) is 6.14. The molecule has 0 aromatic heterocycles. The fourth-order valence-electron chi connectivity index (χ4n) is 2.96. The highest BCUT2D eigenvalue weighted by Gasteiger charge is 2.32. The molecule has 0 spiro atoms. The lowest BCUT2D eigenvalue weighted by Gasteiger charge is -2.14. The summed E-state index contributed by atoms with van der Waals surface area (Å²) in [4.78, 5) is 28.8. The molecule has 12 heteroatoms. The van der Waals surface area contributed by atoms with Gasteiger partial charge in [0.2, 0.25) is 5.91 Å². The molecule has 0 bridgehead atoms. The zero-order chi connectivity index (χ0) is 24.9. The van der Waals surface area contributed by atoms with Gasteiger partial charge in [0.15, 0.2) is 11.5 Å². The number of carbonyl (C=O) groups is 2. The number of aryl methyl sites for hydroxylation is 1. The van der Waals surface area contributed by atoms with Crippen LogP contribution in [0.25, 0.3) is 6.08 Å². The maximum absolute atomic E-state index is 12.8. The predicted molar refractivity (Wildman–Crippen MR) is 134 cm³/mol. The lowest BCUT2D eigenvalue weighted by molar-refractivity contribution is -0.124. The first-order chi connectivity index (χ1) is 16.1. The van der Waals surface area contributed by atoms with Crippen molar-refractivity contribution in [1.82, 2.24) is 15.2 Å². The van der Waals surface area contributed by atoms with Gasteiger partial charge in [0.05, 0.1) is 24.0 Å². The molecule has 0 radical (unpaired) electrons. The number of rotatable bonds is 9. The van der Waals surface area contributed by atoms with Crippen LogP contribution in [-0.4, -0.2) is 50.2 Å². The molecule has 1 saturated heterocycles. The van der Waals surface area contributed by atoms with E-state index in [4.69, 9.17) is 21.7 Å². The minimum atomic E-state index is -3.91. The summed E-state index contributed by atoms with van der Waals surface area (Å²) < 4.78 is 35.4. The summed E-state index contributed by atoms with van der Waals surface area (Å²) in [5.41, 5.74) is 3.79. The van der Waals surface area contributed by atoms with E-state index in [1.54, 1.807) is 36.4 Å². The number of benzene rings is 2. The highest BCUT2D eigenvalue weighted by molar-refractivity contribution is 8.26. The van der Waals surface area contributed by atoms with E-state index >= 15 is 0 Å². The zero-order valence-electron chi connectivity index (χ0n) is 18.7. The standard InChI is InChI=1S/C22H23N3O6S3/c1-14-4-7-16(8-5-14)34(28,29)24-23-20(26)10-11-25-21(27)19(33-22(25)32)13-15-6-9-17(30-2)18(12-15)31-3/h4-9,12-13,24H,10-11H2,1-3H3,(H,23,26). The second-order valence-corrected chi connectivity index (χ2v) is 10.5. The van der Waals surface area contributed by atoms with Crippen LogP contribution >= 0.6 is 24.0 Å². The smallest absolute Gasteiger partial charge is 0.266 e. The number of amides is 2. The first-order valence-corrected chi connectivity index (χ1v) is 12.7. The van der Waals surface area contributed by atoms with Crippen molar-refractivity contribution in [2.45, 2.75) is 18.2 Å². The average molecular weight is 522 g/mol. The number of hydrogen-bond acceptors (Lipinski definition) is 8. The number of hydrazine groups is 1. The summed E-state index contributed by atoms with van der Waals surface area (Å²) in [6, 6.07) is 11.4. The highest BCUT2D eigenvalue weighted by atomic mass is 32.2. The van der Waals surface area contributed by atoms with Crippen molar-refractivity contribution in [3.63, 3.8) is 0 Å². The van der Waals surface area contributed by atoms with Crippen molar-refractivity contribution in [3.05, 3.63) is 58.5 Å². The van der Waals surface area contributed by atoms with Crippen molar-refractivity contribution in [2.24, 2.45) is 0 Å². The molecule has 1 heterocycles. The summed E-state index contributed by atoms with van der Waals surface area (Å²) in [5, 5.41) is 0. The Kier molecular flexibility index (Phi) is 8.31. The number of thiocarbonyl (C=S) groups is 1.